The number of piperidine rings is 1. The number of para-hydroxylation sites is 1. The molecule has 2 aromatic heterocycles. The second-order valence-electron chi connectivity index (χ2n) is 11.1. The van der Waals surface area contributed by atoms with Gasteiger partial charge in [0.05, 0.1) is 17.4 Å². The second-order valence-corrected chi connectivity index (χ2v) is 12.1. The van der Waals surface area contributed by atoms with Gasteiger partial charge in [-0.3, -0.25) is 4.79 Å². The quantitative estimate of drug-likeness (QED) is 0.224. The summed E-state index contributed by atoms with van der Waals surface area (Å²) in [4.78, 5) is 18.4. The Morgan fingerprint density at radius 2 is 1.86 bits per heavy atom. The van der Waals surface area contributed by atoms with Crippen molar-refractivity contribution in [3.8, 4) is 17.0 Å². The number of thiazole rings is 1. The molecule has 3 atom stereocenters. The smallest absolute Gasteiger partial charge is 0.405 e. The van der Waals surface area contributed by atoms with Gasteiger partial charge in [-0.1, -0.05) is 28.6 Å². The van der Waals surface area contributed by atoms with Crippen LogP contribution in [0.2, 0.25) is 0 Å². The number of benzene rings is 2. The van der Waals surface area contributed by atoms with Crippen molar-refractivity contribution in [3.63, 3.8) is 0 Å². The molecule has 1 saturated carbocycles. The van der Waals surface area contributed by atoms with E-state index in [-0.39, 0.29) is 53.1 Å². The molecule has 1 amide bonds. The first-order valence-corrected chi connectivity index (χ1v) is 14.6. The van der Waals surface area contributed by atoms with Crippen molar-refractivity contribution < 1.29 is 36.4 Å². The van der Waals surface area contributed by atoms with Gasteiger partial charge in [-0.15, -0.1) is 13.2 Å². The highest BCUT2D eigenvalue weighted by atomic mass is 32.1. The van der Waals surface area contributed by atoms with Crippen LogP contribution in [0.1, 0.15) is 66.1 Å². The zero-order valence-electron chi connectivity index (χ0n) is 22.2. The van der Waals surface area contributed by atoms with E-state index in [1.54, 1.807) is 12.1 Å². The van der Waals surface area contributed by atoms with E-state index in [0.717, 1.165) is 31.7 Å². The van der Waals surface area contributed by atoms with Gasteiger partial charge in [-0.25, -0.2) is 9.37 Å². The van der Waals surface area contributed by atoms with Crippen molar-refractivity contribution in [1.82, 2.24) is 10.1 Å². The molecule has 4 heterocycles. The number of amides is 1. The number of fused-ring (bicyclic) bond motifs is 3. The summed E-state index contributed by atoms with van der Waals surface area (Å²) in [5.74, 6) is -0.788. The first-order valence-electron chi connectivity index (χ1n) is 13.8. The molecule has 2 bridgehead atoms. The van der Waals surface area contributed by atoms with Gasteiger partial charge in [-0.05, 0) is 62.8 Å². The minimum atomic E-state index is -4.84. The van der Waals surface area contributed by atoms with Crippen LogP contribution in [0.5, 0.6) is 5.75 Å². The topological polar surface area (TPSA) is 104 Å². The number of alkyl halides is 3. The van der Waals surface area contributed by atoms with E-state index in [9.17, 15) is 22.4 Å². The molecule has 3 aliphatic rings. The number of halogens is 4. The first-order chi connectivity index (χ1) is 20.1. The van der Waals surface area contributed by atoms with Crippen LogP contribution >= 0.6 is 11.3 Å². The van der Waals surface area contributed by atoms with Crippen molar-refractivity contribution in [2.75, 3.05) is 4.90 Å². The maximum absolute atomic E-state index is 14.7. The Labute approximate surface area is 241 Å². The Morgan fingerprint density at radius 3 is 2.55 bits per heavy atom. The summed E-state index contributed by atoms with van der Waals surface area (Å²) in [6.07, 6.45) is 0.212. The predicted octanol–water partition coefficient (Wildman–Crippen LogP) is 6.68. The number of primary amides is 1. The fourth-order valence-corrected chi connectivity index (χ4v) is 7.38. The van der Waals surface area contributed by atoms with E-state index < -0.39 is 18.1 Å². The Balaban J connectivity index is 1.10. The largest absolute Gasteiger partial charge is 0.573 e. The van der Waals surface area contributed by atoms with Crippen LogP contribution in [0.3, 0.4) is 0 Å². The zero-order chi connectivity index (χ0) is 29.2. The maximum Gasteiger partial charge on any atom is 0.573 e. The van der Waals surface area contributed by atoms with Gasteiger partial charge < -0.3 is 24.6 Å². The van der Waals surface area contributed by atoms with Crippen LogP contribution < -0.4 is 15.4 Å². The van der Waals surface area contributed by atoms with Crippen LogP contribution in [-0.4, -0.2) is 40.6 Å². The minimum Gasteiger partial charge on any atom is -0.405 e. The SMILES string of the molecule is NC(=O)c1cc(F)c2nc(N3[C@@H]4CC[C@H]3C[C@@H](OCc3c(-c5ccccc5OC(F)(F)F)noc3C3CC3)C4)sc2c1. The third-order valence-corrected chi connectivity index (χ3v) is 9.25. The Bertz CT molecular complexity index is 1650. The summed E-state index contributed by atoms with van der Waals surface area (Å²) in [5.41, 5.74) is 6.82. The Hall–Kier alpha value is -3.71. The summed E-state index contributed by atoms with van der Waals surface area (Å²) in [6.45, 7) is 0.150. The number of hydrogen-bond donors (Lipinski definition) is 1. The van der Waals surface area contributed by atoms with Crippen molar-refractivity contribution in [2.24, 2.45) is 5.73 Å². The van der Waals surface area contributed by atoms with Crippen molar-refractivity contribution in [2.45, 2.75) is 75.6 Å². The number of nitrogens with two attached hydrogens (primary N) is 1. The average molecular weight is 603 g/mol. The third-order valence-electron chi connectivity index (χ3n) is 8.23. The number of rotatable bonds is 8. The highest BCUT2D eigenvalue weighted by Gasteiger charge is 2.43. The summed E-state index contributed by atoms with van der Waals surface area (Å²) in [5, 5.41) is 4.87. The zero-order valence-corrected chi connectivity index (χ0v) is 23.0. The van der Waals surface area contributed by atoms with Gasteiger partial charge in [-0.2, -0.15) is 0 Å². The van der Waals surface area contributed by atoms with E-state index in [4.69, 9.17) is 15.0 Å². The summed E-state index contributed by atoms with van der Waals surface area (Å²) in [7, 11) is 0. The summed E-state index contributed by atoms with van der Waals surface area (Å²) < 4.78 is 70.9. The maximum atomic E-state index is 14.7. The predicted molar refractivity (Wildman–Crippen MR) is 146 cm³/mol. The molecule has 0 unspecified atom stereocenters. The molecule has 0 spiro atoms. The van der Waals surface area contributed by atoms with Crippen molar-refractivity contribution in [1.29, 1.82) is 0 Å². The van der Waals surface area contributed by atoms with Gasteiger partial charge >= 0.3 is 6.36 Å². The van der Waals surface area contributed by atoms with Crippen LogP contribution in [0, 0.1) is 5.82 Å². The first kappa shape index (κ1) is 27.1. The molecule has 13 heteroatoms. The molecule has 3 fully saturated rings. The van der Waals surface area contributed by atoms with E-state index in [1.807, 2.05) is 0 Å². The Kier molecular flexibility index (Phi) is 6.61. The molecule has 7 rings (SSSR count). The highest BCUT2D eigenvalue weighted by Crippen LogP contribution is 2.47. The second kappa shape index (κ2) is 10.2. The normalized spacial score (nSPS) is 22.2. The standard InChI is InChI=1S/C29H26F4N4O4S/c30-21-9-15(27(34)38)10-23-25(21)35-28(42-23)37-16-7-8-17(37)12-18(11-16)39-13-20-24(36-41-26(20)14-5-6-14)19-3-1-2-4-22(19)40-29(31,32)33/h1-4,9-10,14,16-18H,5-8,11-13H2,(H2,34,38)/t16-,17+,18+. The fraction of sp³-hybridized carbons (Fsp3) is 0.414. The summed E-state index contributed by atoms with van der Waals surface area (Å²) >= 11 is 1.34. The minimum absolute atomic E-state index is 0.0946. The molecule has 42 heavy (non-hydrogen) atoms. The van der Waals surface area contributed by atoms with Crippen LogP contribution in [0.4, 0.5) is 22.7 Å². The number of carbonyl (C=O) groups is 1. The molecule has 2 saturated heterocycles. The average Bonchev–Trinajstić information content (AvgIpc) is 3.45. The van der Waals surface area contributed by atoms with Crippen molar-refractivity contribution in [3.05, 3.63) is 59.1 Å². The molecule has 2 aliphatic heterocycles. The van der Waals surface area contributed by atoms with Crippen LogP contribution in [0.15, 0.2) is 40.9 Å². The highest BCUT2D eigenvalue weighted by molar-refractivity contribution is 7.22. The molecular formula is C29H26F4N4O4S. The van der Waals surface area contributed by atoms with Gasteiger partial charge in [0.1, 0.15) is 22.7 Å². The molecular weight excluding hydrogens is 576 g/mol. The fourth-order valence-electron chi connectivity index (χ4n) is 6.22. The van der Waals surface area contributed by atoms with Gasteiger partial charge in [0.2, 0.25) is 5.91 Å². The lowest BCUT2D eigenvalue weighted by atomic mass is 10.00. The van der Waals surface area contributed by atoms with E-state index in [1.165, 1.54) is 29.5 Å². The van der Waals surface area contributed by atoms with Crippen LogP contribution in [0.25, 0.3) is 21.5 Å². The number of hydrogen-bond acceptors (Lipinski definition) is 8. The molecule has 0 radical (unpaired) electrons. The lowest BCUT2D eigenvalue weighted by Gasteiger charge is -2.38. The molecule has 2 N–H and O–H groups in total. The third kappa shape index (κ3) is 5.08. The van der Waals surface area contributed by atoms with Crippen LogP contribution in [-0.2, 0) is 11.3 Å². The van der Waals surface area contributed by atoms with E-state index in [2.05, 4.69) is 19.8 Å². The number of anilines is 1. The molecule has 220 valence electrons. The van der Waals surface area contributed by atoms with Gasteiger partial charge in [0.15, 0.2) is 10.9 Å². The lowest BCUT2D eigenvalue weighted by Crippen LogP contribution is -2.45. The molecule has 8 nitrogen and oxygen atoms in total. The van der Waals surface area contributed by atoms with Crippen molar-refractivity contribution >= 4 is 32.6 Å². The molecule has 1 aliphatic carbocycles. The number of ether oxygens (including phenoxy) is 2. The van der Waals surface area contributed by atoms with E-state index >= 15 is 0 Å². The summed E-state index contributed by atoms with van der Waals surface area (Å²) in [6, 6.07) is 8.86. The van der Waals surface area contributed by atoms with Gasteiger partial charge in [0, 0.05) is 34.7 Å². The lowest BCUT2D eigenvalue weighted by molar-refractivity contribution is -0.274. The number of nitrogens with zero attached hydrogens (tertiary/aromatic N) is 3. The monoisotopic (exact) mass is 602 g/mol. The van der Waals surface area contributed by atoms with Gasteiger partial charge in [0.25, 0.3) is 0 Å². The number of aromatic nitrogens is 2. The molecule has 4 aromatic rings. The van der Waals surface area contributed by atoms with E-state index in [0.29, 0.717) is 39.7 Å². The Morgan fingerprint density at radius 1 is 1.12 bits per heavy atom. The number of carbonyl (C=O) groups excluding carboxylic acids is 1. The molecule has 2 aromatic carbocycles.